The third kappa shape index (κ3) is 62.0. The Bertz CT molecular complexity index is 1360. The van der Waals surface area contributed by atoms with Crippen molar-refractivity contribution in [2.75, 3.05) is 13.2 Å². The van der Waals surface area contributed by atoms with Crippen LogP contribution in [0, 0.1) is 0 Å². The smallest absolute Gasteiger partial charge is 0.306 e. The van der Waals surface area contributed by atoms with E-state index < -0.39 is 6.10 Å². The third-order valence-corrected chi connectivity index (χ3v) is 14.7. The van der Waals surface area contributed by atoms with Gasteiger partial charge in [0.25, 0.3) is 0 Å². The molecule has 0 fully saturated rings. The first-order valence-corrected chi connectivity index (χ1v) is 33.3. The first-order chi connectivity index (χ1) is 37.5. The van der Waals surface area contributed by atoms with E-state index >= 15 is 0 Å². The quantitative estimate of drug-likeness (QED) is 0.0261. The van der Waals surface area contributed by atoms with Crippen LogP contribution in [0.5, 0.6) is 0 Å². The van der Waals surface area contributed by atoms with Gasteiger partial charge in [-0.1, -0.05) is 306 Å². The Kier molecular flexibility index (Phi) is 62.2. The van der Waals surface area contributed by atoms with E-state index in [-0.39, 0.29) is 31.1 Å². The minimum atomic E-state index is -0.781. The van der Waals surface area contributed by atoms with Crippen LogP contribution in [0.1, 0.15) is 348 Å². The van der Waals surface area contributed by atoms with Crippen LogP contribution in [-0.4, -0.2) is 37.2 Å². The maximum absolute atomic E-state index is 12.9. The van der Waals surface area contributed by atoms with Crippen molar-refractivity contribution in [1.82, 2.24) is 0 Å². The van der Waals surface area contributed by atoms with Crippen molar-refractivity contribution in [2.24, 2.45) is 0 Å². The largest absolute Gasteiger partial charge is 0.462 e. The molecule has 0 aliphatic heterocycles. The molecule has 76 heavy (non-hydrogen) atoms. The van der Waals surface area contributed by atoms with Crippen LogP contribution < -0.4 is 0 Å². The standard InChI is InChI=1S/C70H126O6/c1-4-7-10-13-16-19-22-25-27-29-31-33-34-35-36-37-39-40-42-45-48-51-54-57-60-63-69(72)75-66-67(65-74-68(71)62-59-56-53-50-47-44-24-21-18-15-12-9-6-3)76-70(73)64-61-58-55-52-49-46-43-41-38-32-30-28-26-23-20-17-14-11-8-5-2/h12,15,21-22,24-25,29,31,34-35,67H,4-11,13-14,16-20,23,26-28,30,32-33,36-66H2,1-3H3/b15-12-,24-21-,25-22-,31-29-,35-34-. The molecule has 0 aromatic rings. The van der Waals surface area contributed by atoms with Gasteiger partial charge in [-0.05, 0) is 83.5 Å². The number of hydrogen-bond acceptors (Lipinski definition) is 6. The van der Waals surface area contributed by atoms with Gasteiger partial charge in [-0.15, -0.1) is 0 Å². The Labute approximate surface area is 472 Å². The van der Waals surface area contributed by atoms with Gasteiger partial charge < -0.3 is 14.2 Å². The van der Waals surface area contributed by atoms with Crippen LogP contribution in [0.2, 0.25) is 0 Å². The fourth-order valence-corrected chi connectivity index (χ4v) is 9.73. The van der Waals surface area contributed by atoms with Gasteiger partial charge in [-0.3, -0.25) is 14.4 Å². The number of rotatable bonds is 61. The summed E-state index contributed by atoms with van der Waals surface area (Å²) in [6, 6.07) is 0. The summed E-state index contributed by atoms with van der Waals surface area (Å²) in [5, 5.41) is 0. The monoisotopic (exact) mass is 1060 g/mol. The van der Waals surface area contributed by atoms with Crippen molar-refractivity contribution < 1.29 is 28.6 Å². The average Bonchev–Trinajstić information content (AvgIpc) is 3.42. The molecule has 0 aliphatic carbocycles. The molecule has 6 heteroatoms. The molecule has 0 radical (unpaired) electrons. The molecule has 0 saturated heterocycles. The lowest BCUT2D eigenvalue weighted by Gasteiger charge is -2.18. The number of hydrogen-bond donors (Lipinski definition) is 0. The summed E-state index contributed by atoms with van der Waals surface area (Å²) in [5.41, 5.74) is 0. The molecule has 1 unspecified atom stereocenters. The minimum Gasteiger partial charge on any atom is -0.462 e. The van der Waals surface area contributed by atoms with Crippen molar-refractivity contribution >= 4 is 17.9 Å². The highest BCUT2D eigenvalue weighted by atomic mass is 16.6. The second-order valence-electron chi connectivity index (χ2n) is 22.4. The Balaban J connectivity index is 4.29. The molecular weight excluding hydrogens is 937 g/mol. The van der Waals surface area contributed by atoms with Crippen molar-refractivity contribution in [3.8, 4) is 0 Å². The Morgan fingerprint density at radius 3 is 0.789 bits per heavy atom. The maximum atomic E-state index is 12.9. The van der Waals surface area contributed by atoms with Crippen molar-refractivity contribution in [3.05, 3.63) is 60.8 Å². The normalized spacial score (nSPS) is 12.4. The maximum Gasteiger partial charge on any atom is 0.306 e. The van der Waals surface area contributed by atoms with E-state index in [1.807, 2.05) is 0 Å². The fraction of sp³-hybridized carbons (Fsp3) is 0.814. The predicted molar refractivity (Wildman–Crippen MR) is 330 cm³/mol. The van der Waals surface area contributed by atoms with Crippen LogP contribution >= 0.6 is 0 Å². The second-order valence-corrected chi connectivity index (χ2v) is 22.4. The van der Waals surface area contributed by atoms with E-state index in [2.05, 4.69) is 81.5 Å². The van der Waals surface area contributed by atoms with Gasteiger partial charge in [-0.25, -0.2) is 0 Å². The summed E-state index contributed by atoms with van der Waals surface area (Å²) in [4.78, 5) is 38.3. The Hall–Kier alpha value is -2.89. The van der Waals surface area contributed by atoms with E-state index in [9.17, 15) is 14.4 Å². The van der Waals surface area contributed by atoms with Crippen LogP contribution in [0.15, 0.2) is 60.8 Å². The van der Waals surface area contributed by atoms with Crippen LogP contribution in [-0.2, 0) is 28.6 Å². The summed E-state index contributed by atoms with van der Waals surface area (Å²) >= 11 is 0. The lowest BCUT2D eigenvalue weighted by Crippen LogP contribution is -2.30. The molecular formula is C70H126O6. The van der Waals surface area contributed by atoms with Crippen molar-refractivity contribution in [3.63, 3.8) is 0 Å². The van der Waals surface area contributed by atoms with E-state index in [1.54, 1.807) is 0 Å². The third-order valence-electron chi connectivity index (χ3n) is 14.7. The molecule has 0 spiro atoms. The molecule has 6 nitrogen and oxygen atoms in total. The lowest BCUT2D eigenvalue weighted by molar-refractivity contribution is -0.167. The Morgan fingerprint density at radius 1 is 0.263 bits per heavy atom. The summed E-state index contributed by atoms with van der Waals surface area (Å²) in [6.45, 7) is 6.60. The molecule has 0 aromatic carbocycles. The zero-order chi connectivity index (χ0) is 55.0. The highest BCUT2D eigenvalue weighted by Gasteiger charge is 2.19. The summed E-state index contributed by atoms with van der Waals surface area (Å²) < 4.78 is 16.9. The van der Waals surface area contributed by atoms with Crippen LogP contribution in [0.3, 0.4) is 0 Å². The van der Waals surface area contributed by atoms with Gasteiger partial charge >= 0.3 is 17.9 Å². The van der Waals surface area contributed by atoms with E-state index in [0.717, 1.165) is 96.3 Å². The summed E-state index contributed by atoms with van der Waals surface area (Å²) in [7, 11) is 0. The summed E-state index contributed by atoms with van der Waals surface area (Å²) in [6.07, 6.45) is 82.3. The molecule has 0 heterocycles. The van der Waals surface area contributed by atoms with Crippen LogP contribution in [0.25, 0.3) is 0 Å². The fourth-order valence-electron chi connectivity index (χ4n) is 9.73. The first kappa shape index (κ1) is 73.1. The molecule has 442 valence electrons. The first-order valence-electron chi connectivity index (χ1n) is 33.3. The molecule has 0 bridgehead atoms. The van der Waals surface area contributed by atoms with Gasteiger partial charge in [0.05, 0.1) is 0 Å². The molecule has 0 saturated carbocycles. The summed E-state index contributed by atoms with van der Waals surface area (Å²) in [5.74, 6) is -0.876. The minimum absolute atomic E-state index is 0.0777. The molecule has 0 N–H and O–H groups in total. The van der Waals surface area contributed by atoms with E-state index in [1.165, 1.54) is 212 Å². The van der Waals surface area contributed by atoms with Crippen LogP contribution in [0.4, 0.5) is 0 Å². The van der Waals surface area contributed by atoms with Crippen molar-refractivity contribution in [1.29, 1.82) is 0 Å². The zero-order valence-corrected chi connectivity index (χ0v) is 50.8. The number of allylic oxidation sites excluding steroid dienone is 10. The van der Waals surface area contributed by atoms with E-state index in [0.29, 0.717) is 19.3 Å². The molecule has 1 atom stereocenters. The highest BCUT2D eigenvalue weighted by Crippen LogP contribution is 2.17. The number of unbranched alkanes of at least 4 members (excludes halogenated alkanes) is 40. The molecule has 0 aromatic heterocycles. The number of carbonyl (C=O) groups excluding carboxylic acids is 3. The molecule has 0 rings (SSSR count). The SMILES string of the molecule is CCC/C=C\C/C=C\CCCCCCCC(=O)OCC(COC(=O)CCCCCCCCCCCC/C=C\C/C=C\C/C=C\CCCCCCC)OC(=O)CCCCCCCCCCCCCCCCCCCCCC. The van der Waals surface area contributed by atoms with E-state index in [4.69, 9.17) is 14.2 Å². The average molecular weight is 1060 g/mol. The van der Waals surface area contributed by atoms with Gasteiger partial charge in [0.2, 0.25) is 0 Å². The van der Waals surface area contributed by atoms with Gasteiger partial charge in [0.15, 0.2) is 6.10 Å². The second kappa shape index (κ2) is 64.6. The van der Waals surface area contributed by atoms with Crippen molar-refractivity contribution in [2.45, 2.75) is 354 Å². The van der Waals surface area contributed by atoms with Gasteiger partial charge in [-0.2, -0.15) is 0 Å². The van der Waals surface area contributed by atoms with Gasteiger partial charge in [0, 0.05) is 19.3 Å². The number of ether oxygens (including phenoxy) is 3. The topological polar surface area (TPSA) is 78.9 Å². The molecule has 0 aliphatic rings. The lowest BCUT2D eigenvalue weighted by atomic mass is 10.0. The Morgan fingerprint density at radius 2 is 0.500 bits per heavy atom. The zero-order valence-electron chi connectivity index (χ0n) is 50.8. The predicted octanol–water partition coefficient (Wildman–Crippen LogP) is 22.7. The number of carbonyl (C=O) groups is 3. The van der Waals surface area contributed by atoms with Gasteiger partial charge in [0.1, 0.15) is 13.2 Å². The molecule has 0 amide bonds. The highest BCUT2D eigenvalue weighted by molar-refractivity contribution is 5.71. The number of esters is 3.